The Bertz CT molecular complexity index is 479. The van der Waals surface area contributed by atoms with Crippen LogP contribution < -0.4 is 10.6 Å². The average Bonchev–Trinajstić information content (AvgIpc) is 2.84. The molecule has 0 saturated carbocycles. The Hall–Kier alpha value is -1.88. The van der Waals surface area contributed by atoms with Crippen LogP contribution in [0.5, 0.6) is 0 Å². The summed E-state index contributed by atoms with van der Waals surface area (Å²) in [7, 11) is 0. The molecule has 96 valence electrons. The molecule has 5 heteroatoms. The molecule has 0 aromatic heterocycles. The van der Waals surface area contributed by atoms with Gasteiger partial charge in [0.05, 0.1) is 17.3 Å². The van der Waals surface area contributed by atoms with E-state index in [4.69, 9.17) is 5.11 Å². The highest BCUT2D eigenvalue weighted by atomic mass is 16.4. The zero-order valence-corrected chi connectivity index (χ0v) is 10.2. The number of hydrogen-bond donors (Lipinski definition) is 3. The highest BCUT2D eigenvalue weighted by Gasteiger charge is 2.23. The summed E-state index contributed by atoms with van der Waals surface area (Å²) in [5.74, 6) is -1.20. The highest BCUT2D eigenvalue weighted by molar-refractivity contribution is 6.02. The van der Waals surface area contributed by atoms with Crippen LogP contribution in [0.4, 0.5) is 5.69 Å². The number of hydrogen-bond acceptors (Lipinski definition) is 3. The van der Waals surface area contributed by atoms with Crippen molar-refractivity contribution in [3.63, 3.8) is 0 Å². The Balaban J connectivity index is 2.17. The first-order valence-corrected chi connectivity index (χ1v) is 5.96. The number of nitrogens with one attached hydrogen (secondary N) is 2. The number of rotatable bonds is 3. The van der Waals surface area contributed by atoms with E-state index in [1.54, 1.807) is 18.2 Å². The van der Waals surface area contributed by atoms with Crippen LogP contribution in [0.3, 0.4) is 0 Å². The minimum Gasteiger partial charge on any atom is -0.478 e. The second-order valence-corrected chi connectivity index (χ2v) is 4.49. The Morgan fingerprint density at radius 1 is 1.44 bits per heavy atom. The van der Waals surface area contributed by atoms with Gasteiger partial charge in [-0.2, -0.15) is 0 Å². The topological polar surface area (TPSA) is 78.4 Å². The predicted molar refractivity (Wildman–Crippen MR) is 67.8 cm³/mol. The van der Waals surface area contributed by atoms with Crippen LogP contribution in [0.2, 0.25) is 0 Å². The molecule has 0 radical (unpaired) electrons. The van der Waals surface area contributed by atoms with E-state index in [1.165, 1.54) is 0 Å². The summed E-state index contributed by atoms with van der Waals surface area (Å²) in [6.45, 7) is 2.65. The van der Waals surface area contributed by atoms with Crippen LogP contribution in [0.15, 0.2) is 18.2 Å². The molecule has 2 rings (SSSR count). The van der Waals surface area contributed by atoms with Crippen LogP contribution >= 0.6 is 0 Å². The number of benzene rings is 1. The van der Waals surface area contributed by atoms with Gasteiger partial charge >= 0.3 is 5.97 Å². The maximum absolute atomic E-state index is 11.9. The third kappa shape index (κ3) is 2.68. The molecule has 1 aromatic carbocycles. The van der Waals surface area contributed by atoms with Crippen molar-refractivity contribution < 1.29 is 14.7 Å². The molecular weight excluding hydrogens is 232 g/mol. The zero-order chi connectivity index (χ0) is 13.1. The van der Waals surface area contributed by atoms with Gasteiger partial charge in [-0.1, -0.05) is 11.6 Å². The van der Waals surface area contributed by atoms with E-state index in [0.29, 0.717) is 5.69 Å². The Labute approximate surface area is 105 Å². The molecule has 1 amide bonds. The van der Waals surface area contributed by atoms with Crippen molar-refractivity contribution in [3.05, 3.63) is 29.3 Å². The largest absolute Gasteiger partial charge is 0.478 e. The second-order valence-electron chi connectivity index (χ2n) is 4.49. The molecule has 1 atom stereocenters. The standard InChI is InChI=1S/C13H16N2O3/c1-8-4-5-10(9(7-8)13(17)18)15-12(16)11-3-2-6-14-11/h4-5,7,11,14H,2-3,6H2,1H3,(H,15,16)(H,17,18). The van der Waals surface area contributed by atoms with Crippen molar-refractivity contribution >= 4 is 17.6 Å². The fourth-order valence-corrected chi connectivity index (χ4v) is 2.07. The lowest BCUT2D eigenvalue weighted by molar-refractivity contribution is -0.117. The van der Waals surface area contributed by atoms with Gasteiger partial charge in [0.1, 0.15) is 0 Å². The summed E-state index contributed by atoms with van der Waals surface area (Å²) in [4.78, 5) is 23.0. The van der Waals surface area contributed by atoms with Crippen molar-refractivity contribution in [2.75, 3.05) is 11.9 Å². The molecule has 1 fully saturated rings. The summed E-state index contributed by atoms with van der Waals surface area (Å²) in [6.07, 6.45) is 1.76. The third-order valence-corrected chi connectivity index (χ3v) is 3.04. The molecule has 1 saturated heterocycles. The number of amides is 1. The van der Waals surface area contributed by atoms with Crippen LogP contribution in [-0.4, -0.2) is 29.6 Å². The molecule has 1 aliphatic rings. The highest BCUT2D eigenvalue weighted by Crippen LogP contribution is 2.18. The first-order chi connectivity index (χ1) is 8.58. The normalized spacial score (nSPS) is 18.6. The lowest BCUT2D eigenvalue weighted by atomic mass is 10.1. The van der Waals surface area contributed by atoms with Crippen LogP contribution in [0.1, 0.15) is 28.8 Å². The van der Waals surface area contributed by atoms with Crippen molar-refractivity contribution in [2.24, 2.45) is 0 Å². The Kier molecular flexibility index (Phi) is 3.62. The first-order valence-electron chi connectivity index (χ1n) is 5.96. The lowest BCUT2D eigenvalue weighted by Crippen LogP contribution is -2.35. The molecule has 0 bridgehead atoms. The molecule has 0 aliphatic carbocycles. The van der Waals surface area contributed by atoms with Crippen molar-refractivity contribution in [1.82, 2.24) is 5.32 Å². The van der Waals surface area contributed by atoms with Gasteiger partial charge in [-0.25, -0.2) is 4.79 Å². The van der Waals surface area contributed by atoms with Crippen LogP contribution in [0, 0.1) is 6.92 Å². The fourth-order valence-electron chi connectivity index (χ4n) is 2.07. The number of carboxylic acid groups (broad SMARTS) is 1. The van der Waals surface area contributed by atoms with Gasteiger partial charge < -0.3 is 15.7 Å². The van der Waals surface area contributed by atoms with Gasteiger partial charge in [-0.15, -0.1) is 0 Å². The molecule has 0 spiro atoms. The third-order valence-electron chi connectivity index (χ3n) is 3.04. The maximum atomic E-state index is 11.9. The van der Waals surface area contributed by atoms with Gasteiger partial charge in [-0.3, -0.25) is 4.79 Å². The minimum absolute atomic E-state index is 0.126. The molecular formula is C13H16N2O3. The van der Waals surface area contributed by atoms with E-state index in [2.05, 4.69) is 10.6 Å². The maximum Gasteiger partial charge on any atom is 0.337 e. The van der Waals surface area contributed by atoms with E-state index >= 15 is 0 Å². The molecule has 3 N–H and O–H groups in total. The van der Waals surface area contributed by atoms with E-state index in [1.807, 2.05) is 6.92 Å². The number of anilines is 1. The van der Waals surface area contributed by atoms with E-state index in [-0.39, 0.29) is 17.5 Å². The van der Waals surface area contributed by atoms with Crippen LogP contribution in [0.25, 0.3) is 0 Å². The molecule has 1 aromatic rings. The fraction of sp³-hybridized carbons (Fsp3) is 0.385. The minimum atomic E-state index is -1.03. The monoisotopic (exact) mass is 248 g/mol. The van der Waals surface area contributed by atoms with Gasteiger partial charge in [-0.05, 0) is 38.4 Å². The smallest absolute Gasteiger partial charge is 0.337 e. The molecule has 1 unspecified atom stereocenters. The average molecular weight is 248 g/mol. The van der Waals surface area contributed by atoms with E-state index < -0.39 is 5.97 Å². The molecule has 5 nitrogen and oxygen atoms in total. The number of aromatic carboxylic acids is 1. The van der Waals surface area contributed by atoms with Crippen LogP contribution in [-0.2, 0) is 4.79 Å². The van der Waals surface area contributed by atoms with Gasteiger partial charge in [0.2, 0.25) is 5.91 Å². The summed E-state index contributed by atoms with van der Waals surface area (Å²) >= 11 is 0. The SMILES string of the molecule is Cc1ccc(NC(=O)C2CCCN2)c(C(=O)O)c1. The molecule has 18 heavy (non-hydrogen) atoms. The Morgan fingerprint density at radius 3 is 2.83 bits per heavy atom. The predicted octanol–water partition coefficient (Wildman–Crippen LogP) is 1.38. The molecule has 1 aliphatic heterocycles. The molecule has 1 heterocycles. The summed E-state index contributed by atoms with van der Waals surface area (Å²) in [6, 6.07) is 4.75. The number of carboxylic acids is 1. The number of carbonyl (C=O) groups excluding carboxylic acids is 1. The summed E-state index contributed by atoms with van der Waals surface area (Å²) < 4.78 is 0. The lowest BCUT2D eigenvalue weighted by Gasteiger charge is -2.13. The van der Waals surface area contributed by atoms with Gasteiger partial charge in [0.25, 0.3) is 0 Å². The zero-order valence-electron chi connectivity index (χ0n) is 10.2. The summed E-state index contributed by atoms with van der Waals surface area (Å²) in [5, 5.41) is 14.9. The van der Waals surface area contributed by atoms with Crippen molar-refractivity contribution in [1.29, 1.82) is 0 Å². The summed E-state index contributed by atoms with van der Waals surface area (Å²) in [5.41, 5.74) is 1.33. The first kappa shape index (κ1) is 12.6. The van der Waals surface area contributed by atoms with Gasteiger partial charge in [0, 0.05) is 0 Å². The Morgan fingerprint density at radius 2 is 2.22 bits per heavy atom. The van der Waals surface area contributed by atoms with Gasteiger partial charge in [0.15, 0.2) is 0 Å². The number of aryl methyl sites for hydroxylation is 1. The quantitative estimate of drug-likeness (QED) is 0.755. The van der Waals surface area contributed by atoms with Crippen molar-refractivity contribution in [3.8, 4) is 0 Å². The second kappa shape index (κ2) is 5.18. The van der Waals surface area contributed by atoms with E-state index in [0.717, 1.165) is 24.9 Å². The number of carbonyl (C=O) groups is 2. The van der Waals surface area contributed by atoms with Crippen molar-refractivity contribution in [2.45, 2.75) is 25.8 Å². The van der Waals surface area contributed by atoms with E-state index in [9.17, 15) is 9.59 Å².